The smallest absolute Gasteiger partial charge is 0.318 e. The van der Waals surface area contributed by atoms with E-state index in [1.165, 1.54) is 7.05 Å². The van der Waals surface area contributed by atoms with Crippen LogP contribution in [0.4, 0.5) is 13.2 Å². The van der Waals surface area contributed by atoms with Gasteiger partial charge in [-0.3, -0.25) is 13.9 Å². The van der Waals surface area contributed by atoms with E-state index in [0.717, 1.165) is 16.2 Å². The molecule has 2 aromatic rings. The van der Waals surface area contributed by atoms with Crippen molar-refractivity contribution in [2.75, 3.05) is 0 Å². The minimum Gasteiger partial charge on any atom is -0.318 e. The van der Waals surface area contributed by atoms with Crippen LogP contribution in [0.15, 0.2) is 9.59 Å². The van der Waals surface area contributed by atoms with Gasteiger partial charge in [0, 0.05) is 20.6 Å². The van der Waals surface area contributed by atoms with E-state index in [9.17, 15) is 22.8 Å². The number of aryl methyl sites for hydroxylation is 2. The van der Waals surface area contributed by atoms with Gasteiger partial charge in [0.2, 0.25) is 5.82 Å². The average Bonchev–Trinajstić information content (AvgIpc) is 2.70. The number of aromatic nitrogens is 4. The molecule has 0 aliphatic rings. The third-order valence-corrected chi connectivity index (χ3v) is 3.06. The van der Waals surface area contributed by atoms with E-state index < -0.39 is 23.2 Å². The molecule has 2 aromatic heterocycles. The zero-order valence-corrected chi connectivity index (χ0v) is 11.2. The highest BCUT2D eigenvalue weighted by Crippen LogP contribution is 2.29. The van der Waals surface area contributed by atoms with Crippen molar-refractivity contribution < 1.29 is 13.2 Å². The van der Waals surface area contributed by atoms with E-state index in [2.05, 4.69) is 4.98 Å². The summed E-state index contributed by atoms with van der Waals surface area (Å²) < 4.78 is 41.0. The summed E-state index contributed by atoms with van der Waals surface area (Å²) in [6.45, 7) is 1.91. The van der Waals surface area contributed by atoms with Gasteiger partial charge in [0.05, 0.1) is 0 Å². The topological polar surface area (TPSA) is 61.8 Å². The predicted molar refractivity (Wildman–Crippen MR) is 65.5 cm³/mol. The molecule has 20 heavy (non-hydrogen) atoms. The highest BCUT2D eigenvalue weighted by Gasteiger charge is 2.38. The lowest BCUT2D eigenvalue weighted by Crippen LogP contribution is -2.39. The van der Waals surface area contributed by atoms with Crippen LogP contribution in [0.5, 0.6) is 0 Å². The van der Waals surface area contributed by atoms with Crippen molar-refractivity contribution in [3.05, 3.63) is 26.7 Å². The summed E-state index contributed by atoms with van der Waals surface area (Å²) in [4.78, 5) is 27.5. The van der Waals surface area contributed by atoms with Crippen LogP contribution in [0.2, 0.25) is 0 Å². The maximum absolute atomic E-state index is 12.8. The molecule has 0 atom stereocenters. The predicted octanol–water partition coefficient (Wildman–Crippen LogP) is 0.862. The van der Waals surface area contributed by atoms with Crippen LogP contribution >= 0.6 is 0 Å². The second-order valence-corrected chi connectivity index (χ2v) is 4.46. The first kappa shape index (κ1) is 14.4. The summed E-state index contributed by atoms with van der Waals surface area (Å²) >= 11 is 0. The average molecular weight is 290 g/mol. The number of halogens is 3. The van der Waals surface area contributed by atoms with Crippen molar-refractivity contribution >= 4 is 11.2 Å². The molecule has 0 amide bonds. The normalized spacial score (nSPS) is 12.3. The zero-order valence-electron chi connectivity index (χ0n) is 11.2. The molecule has 0 fully saturated rings. The largest absolute Gasteiger partial charge is 0.449 e. The van der Waals surface area contributed by atoms with Gasteiger partial charge in [-0.05, 0) is 6.42 Å². The van der Waals surface area contributed by atoms with Gasteiger partial charge in [-0.1, -0.05) is 6.92 Å². The fourth-order valence-electron chi connectivity index (χ4n) is 2.12. The molecule has 0 bridgehead atoms. The molecule has 0 saturated heterocycles. The summed E-state index contributed by atoms with van der Waals surface area (Å²) in [5.41, 5.74) is -1.92. The lowest BCUT2D eigenvalue weighted by atomic mass is 10.4. The lowest BCUT2D eigenvalue weighted by Gasteiger charge is -2.07. The van der Waals surface area contributed by atoms with Crippen molar-refractivity contribution in [3.63, 3.8) is 0 Å². The Morgan fingerprint density at radius 3 is 2.25 bits per heavy atom. The molecular formula is C11H13F3N4O2. The van der Waals surface area contributed by atoms with Gasteiger partial charge in [-0.2, -0.15) is 13.2 Å². The van der Waals surface area contributed by atoms with E-state index in [4.69, 9.17) is 0 Å². The number of fused-ring (bicyclic) bond motifs is 1. The van der Waals surface area contributed by atoms with Gasteiger partial charge in [-0.15, -0.1) is 0 Å². The lowest BCUT2D eigenvalue weighted by molar-refractivity contribution is -0.146. The van der Waals surface area contributed by atoms with Crippen molar-refractivity contribution in [1.82, 2.24) is 18.7 Å². The fourth-order valence-corrected chi connectivity index (χ4v) is 2.12. The van der Waals surface area contributed by atoms with Gasteiger partial charge in [0.1, 0.15) is 0 Å². The number of nitrogens with zero attached hydrogens (tertiary/aromatic N) is 4. The van der Waals surface area contributed by atoms with Crippen molar-refractivity contribution in [2.45, 2.75) is 26.1 Å². The molecule has 2 heterocycles. The standard InChI is InChI=1S/C11H13F3N4O2/c1-4-5-18-8(19)6-7(17(3)10(18)20)15-9(16(6)2)11(12,13)14/h4-5H2,1-3H3. The van der Waals surface area contributed by atoms with Gasteiger partial charge in [0.15, 0.2) is 11.2 Å². The summed E-state index contributed by atoms with van der Waals surface area (Å²) in [7, 11) is 2.41. The molecule has 2 rings (SSSR count). The highest BCUT2D eigenvalue weighted by atomic mass is 19.4. The first-order chi connectivity index (χ1) is 9.20. The molecule has 0 aliphatic heterocycles. The molecule has 0 unspecified atom stereocenters. The Morgan fingerprint density at radius 1 is 1.15 bits per heavy atom. The molecule has 6 nitrogen and oxygen atoms in total. The SMILES string of the molecule is CCCn1c(=O)c2c(nc(C(F)(F)F)n2C)n(C)c1=O. The maximum Gasteiger partial charge on any atom is 0.449 e. The first-order valence-corrected chi connectivity index (χ1v) is 5.93. The molecule has 0 saturated carbocycles. The highest BCUT2D eigenvalue weighted by molar-refractivity contribution is 5.71. The number of hydrogen-bond acceptors (Lipinski definition) is 3. The van der Waals surface area contributed by atoms with Gasteiger partial charge in [0.25, 0.3) is 5.56 Å². The van der Waals surface area contributed by atoms with E-state index >= 15 is 0 Å². The molecular weight excluding hydrogens is 277 g/mol. The number of rotatable bonds is 2. The Bertz CT molecular complexity index is 782. The second-order valence-electron chi connectivity index (χ2n) is 4.46. The van der Waals surface area contributed by atoms with E-state index in [1.807, 2.05) is 0 Å². The molecule has 9 heteroatoms. The molecule has 0 spiro atoms. The van der Waals surface area contributed by atoms with E-state index in [0.29, 0.717) is 11.0 Å². The molecule has 0 aliphatic carbocycles. The van der Waals surface area contributed by atoms with Crippen molar-refractivity contribution in [1.29, 1.82) is 0 Å². The summed E-state index contributed by atoms with van der Waals surface area (Å²) in [5, 5.41) is 0. The van der Waals surface area contributed by atoms with E-state index in [1.54, 1.807) is 6.92 Å². The van der Waals surface area contributed by atoms with Crippen molar-refractivity contribution in [2.24, 2.45) is 14.1 Å². The van der Waals surface area contributed by atoms with Gasteiger partial charge >= 0.3 is 11.9 Å². The number of alkyl halides is 3. The number of hydrogen-bond donors (Lipinski definition) is 0. The number of imidazole rings is 1. The van der Waals surface area contributed by atoms with Crippen LogP contribution in [0.3, 0.4) is 0 Å². The van der Waals surface area contributed by atoms with Gasteiger partial charge < -0.3 is 4.57 Å². The third kappa shape index (κ3) is 1.93. The Kier molecular flexibility index (Phi) is 3.23. The van der Waals surface area contributed by atoms with Crippen LogP contribution in [0.1, 0.15) is 19.2 Å². The Balaban J connectivity index is 2.98. The molecule has 110 valence electrons. The van der Waals surface area contributed by atoms with Crippen LogP contribution in [-0.4, -0.2) is 18.7 Å². The summed E-state index contributed by atoms with van der Waals surface area (Å²) in [6.07, 6.45) is -4.17. The minimum absolute atomic E-state index is 0.147. The Hall–Kier alpha value is -2.06. The maximum atomic E-state index is 12.8. The monoisotopic (exact) mass is 290 g/mol. The van der Waals surface area contributed by atoms with Crippen LogP contribution in [0.25, 0.3) is 11.2 Å². The Labute approximate surface area is 111 Å². The molecule has 0 aromatic carbocycles. The Morgan fingerprint density at radius 2 is 1.75 bits per heavy atom. The zero-order chi connectivity index (χ0) is 15.2. The minimum atomic E-state index is -4.69. The van der Waals surface area contributed by atoms with Crippen LogP contribution in [0, 0.1) is 0 Å². The van der Waals surface area contributed by atoms with Gasteiger partial charge in [-0.25, -0.2) is 9.78 Å². The summed E-state index contributed by atoms with van der Waals surface area (Å²) in [5.74, 6) is -1.20. The summed E-state index contributed by atoms with van der Waals surface area (Å²) in [6, 6.07) is 0. The van der Waals surface area contributed by atoms with Crippen LogP contribution < -0.4 is 11.2 Å². The molecule has 0 N–H and O–H groups in total. The first-order valence-electron chi connectivity index (χ1n) is 5.93. The van der Waals surface area contributed by atoms with Crippen molar-refractivity contribution in [3.8, 4) is 0 Å². The fraction of sp³-hybridized carbons (Fsp3) is 0.545. The van der Waals surface area contributed by atoms with Crippen LogP contribution in [-0.2, 0) is 26.8 Å². The molecule has 0 radical (unpaired) electrons. The quantitative estimate of drug-likeness (QED) is 0.824. The third-order valence-electron chi connectivity index (χ3n) is 3.06. The second kappa shape index (κ2) is 4.50. The van der Waals surface area contributed by atoms with E-state index in [-0.39, 0.29) is 17.7 Å².